The zero-order valence-corrected chi connectivity index (χ0v) is 19.0. The summed E-state index contributed by atoms with van der Waals surface area (Å²) in [5, 5.41) is 3.23. The molecule has 0 heterocycles. The fourth-order valence-electron chi connectivity index (χ4n) is 3.53. The third-order valence-corrected chi connectivity index (χ3v) is 5.57. The van der Waals surface area contributed by atoms with Gasteiger partial charge in [0.05, 0.1) is 20.3 Å². The first-order valence-electron chi connectivity index (χ1n) is 9.90. The van der Waals surface area contributed by atoms with Crippen molar-refractivity contribution in [2.45, 2.75) is 25.8 Å². The Bertz CT molecular complexity index is 1000. The molecule has 3 rings (SSSR count). The molecular weight excluding hydrogens is 442 g/mol. The van der Waals surface area contributed by atoms with Crippen LogP contribution in [0.15, 0.2) is 71.2 Å². The first-order chi connectivity index (χ1) is 14.5. The number of carbonyl (C=O) groups excluding carboxylic acids is 1. The van der Waals surface area contributed by atoms with Gasteiger partial charge in [-0.1, -0.05) is 59.3 Å². The highest BCUT2D eigenvalue weighted by molar-refractivity contribution is 9.10. The third kappa shape index (κ3) is 5.22. The largest absolute Gasteiger partial charge is 0.493 e. The molecule has 0 aliphatic heterocycles. The van der Waals surface area contributed by atoms with E-state index in [0.29, 0.717) is 23.5 Å². The Balaban J connectivity index is 2.02. The van der Waals surface area contributed by atoms with Crippen molar-refractivity contribution < 1.29 is 14.3 Å². The molecule has 0 aliphatic carbocycles. The van der Waals surface area contributed by atoms with Crippen molar-refractivity contribution in [2.24, 2.45) is 0 Å². The fourth-order valence-corrected chi connectivity index (χ4v) is 3.93. The van der Waals surface area contributed by atoms with Crippen LogP contribution in [0.25, 0.3) is 0 Å². The van der Waals surface area contributed by atoms with Gasteiger partial charge in [0.2, 0.25) is 0 Å². The Morgan fingerprint density at radius 1 is 0.967 bits per heavy atom. The average Bonchev–Trinajstić information content (AvgIpc) is 2.78. The fraction of sp³-hybridized carbons (Fsp3) is 0.240. The second-order valence-electron chi connectivity index (χ2n) is 6.99. The van der Waals surface area contributed by atoms with Gasteiger partial charge in [-0.2, -0.15) is 0 Å². The lowest BCUT2D eigenvalue weighted by atomic mass is 9.92. The van der Waals surface area contributed by atoms with Gasteiger partial charge in [0.1, 0.15) is 0 Å². The zero-order valence-electron chi connectivity index (χ0n) is 17.4. The number of halogens is 1. The monoisotopic (exact) mass is 467 g/mol. The summed E-state index contributed by atoms with van der Waals surface area (Å²) < 4.78 is 11.9. The van der Waals surface area contributed by atoms with Crippen LogP contribution in [-0.2, 0) is 12.8 Å². The molecule has 0 spiro atoms. The van der Waals surface area contributed by atoms with Gasteiger partial charge in [-0.3, -0.25) is 4.79 Å². The maximum Gasteiger partial charge on any atom is 0.251 e. The minimum Gasteiger partial charge on any atom is -0.493 e. The van der Waals surface area contributed by atoms with Gasteiger partial charge in [-0.05, 0) is 59.9 Å². The van der Waals surface area contributed by atoms with Crippen molar-refractivity contribution in [3.63, 3.8) is 0 Å². The number of rotatable bonds is 8. The van der Waals surface area contributed by atoms with E-state index in [-0.39, 0.29) is 11.9 Å². The van der Waals surface area contributed by atoms with E-state index in [0.717, 1.165) is 27.6 Å². The van der Waals surface area contributed by atoms with Crippen molar-refractivity contribution in [2.75, 3.05) is 14.2 Å². The van der Waals surface area contributed by atoms with Crippen LogP contribution in [0.5, 0.6) is 11.5 Å². The van der Waals surface area contributed by atoms with Crippen LogP contribution in [0.1, 0.15) is 40.0 Å². The Morgan fingerprint density at radius 2 is 1.67 bits per heavy atom. The molecule has 156 valence electrons. The summed E-state index contributed by atoms with van der Waals surface area (Å²) in [5.41, 5.74) is 3.90. The molecule has 0 fully saturated rings. The van der Waals surface area contributed by atoms with Crippen LogP contribution in [0, 0.1) is 0 Å². The van der Waals surface area contributed by atoms with Gasteiger partial charge in [0, 0.05) is 10.0 Å². The van der Waals surface area contributed by atoms with E-state index >= 15 is 0 Å². The molecule has 0 saturated carbocycles. The minimum absolute atomic E-state index is 0.117. The molecule has 1 amide bonds. The highest BCUT2D eigenvalue weighted by Gasteiger charge is 2.21. The zero-order chi connectivity index (χ0) is 21.5. The molecule has 0 unspecified atom stereocenters. The molecule has 30 heavy (non-hydrogen) atoms. The van der Waals surface area contributed by atoms with E-state index in [1.807, 2.05) is 54.6 Å². The average molecular weight is 468 g/mol. The lowest BCUT2D eigenvalue weighted by Crippen LogP contribution is -2.30. The van der Waals surface area contributed by atoms with Crippen LogP contribution in [0.3, 0.4) is 0 Å². The van der Waals surface area contributed by atoms with Crippen LogP contribution in [-0.4, -0.2) is 20.1 Å². The van der Waals surface area contributed by atoms with Crippen molar-refractivity contribution in [1.29, 1.82) is 0 Å². The van der Waals surface area contributed by atoms with Crippen molar-refractivity contribution >= 4 is 21.8 Å². The highest BCUT2D eigenvalue weighted by atomic mass is 79.9. The summed E-state index contributed by atoms with van der Waals surface area (Å²) in [7, 11) is 3.26. The minimum atomic E-state index is -0.214. The molecule has 4 nitrogen and oxygen atoms in total. The number of nitrogens with one attached hydrogen (secondary N) is 1. The predicted octanol–water partition coefficient (Wildman–Crippen LogP) is 5.74. The summed E-state index contributed by atoms with van der Waals surface area (Å²) in [4.78, 5) is 13.1. The van der Waals surface area contributed by atoms with E-state index in [2.05, 4.69) is 40.3 Å². The van der Waals surface area contributed by atoms with Gasteiger partial charge >= 0.3 is 0 Å². The van der Waals surface area contributed by atoms with E-state index in [4.69, 9.17) is 9.47 Å². The number of amides is 1. The third-order valence-electron chi connectivity index (χ3n) is 5.08. The number of aryl methyl sites for hydroxylation is 1. The summed E-state index contributed by atoms with van der Waals surface area (Å²) in [6, 6.07) is 21.3. The molecule has 3 aromatic carbocycles. The van der Waals surface area contributed by atoms with Gasteiger partial charge in [-0.15, -0.1) is 0 Å². The first-order valence-corrected chi connectivity index (χ1v) is 10.7. The number of carbonyl (C=O) groups is 1. The normalized spacial score (nSPS) is 11.6. The summed E-state index contributed by atoms with van der Waals surface area (Å²) >= 11 is 3.44. The van der Waals surface area contributed by atoms with Crippen LogP contribution >= 0.6 is 15.9 Å². The van der Waals surface area contributed by atoms with Crippen molar-refractivity contribution in [3.05, 3.63) is 93.5 Å². The van der Waals surface area contributed by atoms with E-state index in [9.17, 15) is 4.79 Å². The molecule has 0 aliphatic rings. The SMILES string of the molecule is CCc1cc(OC)c(OC)cc1[C@@H](Cc1ccccc1)NC(=O)c1cccc(Br)c1. The number of hydrogen-bond donors (Lipinski definition) is 1. The van der Waals surface area contributed by atoms with Gasteiger partial charge in [0.15, 0.2) is 11.5 Å². The molecule has 5 heteroatoms. The van der Waals surface area contributed by atoms with Crippen molar-refractivity contribution in [3.8, 4) is 11.5 Å². The quantitative estimate of drug-likeness (QED) is 0.459. The lowest BCUT2D eigenvalue weighted by molar-refractivity contribution is 0.0936. The Labute approximate surface area is 186 Å². The summed E-state index contributed by atoms with van der Waals surface area (Å²) in [5.74, 6) is 1.23. The summed E-state index contributed by atoms with van der Waals surface area (Å²) in [6.07, 6.45) is 1.48. The molecule has 0 radical (unpaired) electrons. The Kier molecular flexibility index (Phi) is 7.52. The maximum absolute atomic E-state index is 13.1. The molecule has 0 saturated heterocycles. The first kappa shape index (κ1) is 21.9. The maximum atomic E-state index is 13.1. The second-order valence-corrected chi connectivity index (χ2v) is 7.90. The Morgan fingerprint density at radius 3 is 2.30 bits per heavy atom. The number of benzene rings is 3. The van der Waals surface area contributed by atoms with Gasteiger partial charge < -0.3 is 14.8 Å². The van der Waals surface area contributed by atoms with E-state index in [1.54, 1.807) is 14.2 Å². The van der Waals surface area contributed by atoms with E-state index < -0.39 is 0 Å². The molecule has 1 atom stereocenters. The highest BCUT2D eigenvalue weighted by Crippen LogP contribution is 2.35. The molecule has 0 bridgehead atoms. The smallest absolute Gasteiger partial charge is 0.251 e. The van der Waals surface area contributed by atoms with E-state index in [1.165, 1.54) is 0 Å². The van der Waals surface area contributed by atoms with Crippen LogP contribution in [0.4, 0.5) is 0 Å². The van der Waals surface area contributed by atoms with Gasteiger partial charge in [-0.25, -0.2) is 0 Å². The molecular formula is C25H26BrNO3. The Hall–Kier alpha value is -2.79. The van der Waals surface area contributed by atoms with Crippen molar-refractivity contribution in [1.82, 2.24) is 5.32 Å². The summed E-state index contributed by atoms with van der Waals surface area (Å²) in [6.45, 7) is 2.10. The lowest BCUT2D eigenvalue weighted by Gasteiger charge is -2.24. The van der Waals surface area contributed by atoms with Crippen LogP contribution in [0.2, 0.25) is 0 Å². The topological polar surface area (TPSA) is 47.6 Å². The number of methoxy groups -OCH3 is 2. The number of ether oxygens (including phenoxy) is 2. The standard InChI is InChI=1S/C25H26BrNO3/c1-4-18-15-23(29-2)24(30-3)16-21(18)22(13-17-9-6-5-7-10-17)27-25(28)19-11-8-12-20(26)14-19/h5-12,14-16,22H,4,13H2,1-3H3,(H,27,28)/t22-/m1/s1. The second kappa shape index (κ2) is 10.3. The molecule has 3 aromatic rings. The molecule has 1 N–H and O–H groups in total. The van der Waals surface area contributed by atoms with Crippen LogP contribution < -0.4 is 14.8 Å². The van der Waals surface area contributed by atoms with Gasteiger partial charge in [0.25, 0.3) is 5.91 Å². The molecule has 0 aromatic heterocycles. The predicted molar refractivity (Wildman–Crippen MR) is 123 cm³/mol. The number of hydrogen-bond acceptors (Lipinski definition) is 3.